The van der Waals surface area contributed by atoms with E-state index in [2.05, 4.69) is 21.2 Å². The number of amides is 1. The summed E-state index contributed by atoms with van der Waals surface area (Å²) in [4.78, 5) is 34.0. The normalized spacial score (nSPS) is 11.4. The third-order valence-corrected chi connectivity index (χ3v) is 3.86. The second-order valence-electron chi connectivity index (χ2n) is 5.29. The lowest BCUT2D eigenvalue weighted by atomic mass is 10.2. The van der Waals surface area contributed by atoms with Gasteiger partial charge in [-0.05, 0) is 47.1 Å². The summed E-state index contributed by atoms with van der Waals surface area (Å²) in [5, 5.41) is 13.2. The molecule has 0 aliphatic carbocycles. The Hall–Kier alpha value is -3.01. The maximum Gasteiger partial charge on any atom is 0.344 e. The Morgan fingerprint density at radius 1 is 1.30 bits per heavy atom. The zero-order valence-electron chi connectivity index (χ0n) is 14.0. The van der Waals surface area contributed by atoms with E-state index in [-0.39, 0.29) is 17.1 Å². The fraction of sp³-hybridized carbons (Fsp3) is 0.176. The smallest absolute Gasteiger partial charge is 0.344 e. The molecule has 0 bridgehead atoms. The standard InChI is InChI=1S/C17H14BrFN2O6/c1-10(17(23)20-12-3-2-4-13(8-12)21(24)25)27-16(22)9-26-15-6-5-11(19)7-14(15)18/h2-8,10H,9H2,1H3,(H,20,23). The predicted molar refractivity (Wildman–Crippen MR) is 96.9 cm³/mol. The van der Waals surface area contributed by atoms with Gasteiger partial charge in [0.1, 0.15) is 11.6 Å². The van der Waals surface area contributed by atoms with Crippen molar-refractivity contribution in [3.8, 4) is 5.75 Å². The van der Waals surface area contributed by atoms with Crippen molar-refractivity contribution in [3.05, 3.63) is 62.9 Å². The van der Waals surface area contributed by atoms with Crippen LogP contribution in [0.4, 0.5) is 15.8 Å². The summed E-state index contributed by atoms with van der Waals surface area (Å²) in [6.45, 7) is 0.858. The zero-order chi connectivity index (χ0) is 20.0. The van der Waals surface area contributed by atoms with Crippen molar-refractivity contribution in [2.24, 2.45) is 0 Å². The number of carbonyl (C=O) groups excluding carboxylic acids is 2. The van der Waals surface area contributed by atoms with Crippen LogP contribution < -0.4 is 10.1 Å². The lowest BCUT2D eigenvalue weighted by molar-refractivity contribution is -0.384. The highest BCUT2D eigenvalue weighted by Crippen LogP contribution is 2.25. The summed E-state index contributed by atoms with van der Waals surface area (Å²) >= 11 is 3.10. The summed E-state index contributed by atoms with van der Waals surface area (Å²) in [6, 6.07) is 9.03. The monoisotopic (exact) mass is 440 g/mol. The van der Waals surface area contributed by atoms with E-state index >= 15 is 0 Å². The number of hydrogen-bond acceptors (Lipinski definition) is 6. The van der Waals surface area contributed by atoms with E-state index in [0.29, 0.717) is 4.47 Å². The average molecular weight is 441 g/mol. The number of anilines is 1. The van der Waals surface area contributed by atoms with E-state index in [1.54, 1.807) is 0 Å². The number of esters is 1. The summed E-state index contributed by atoms with van der Waals surface area (Å²) < 4.78 is 23.5. The highest BCUT2D eigenvalue weighted by atomic mass is 79.9. The first-order chi connectivity index (χ1) is 12.8. The van der Waals surface area contributed by atoms with Crippen LogP contribution in [0.5, 0.6) is 5.75 Å². The summed E-state index contributed by atoms with van der Waals surface area (Å²) in [6.07, 6.45) is -1.16. The molecule has 2 aromatic carbocycles. The molecule has 0 spiro atoms. The minimum atomic E-state index is -1.16. The molecule has 0 aromatic heterocycles. The highest BCUT2D eigenvalue weighted by Gasteiger charge is 2.19. The van der Waals surface area contributed by atoms with Crippen LogP contribution in [0.3, 0.4) is 0 Å². The average Bonchev–Trinajstić information content (AvgIpc) is 2.61. The van der Waals surface area contributed by atoms with Crippen molar-refractivity contribution in [3.63, 3.8) is 0 Å². The van der Waals surface area contributed by atoms with Crippen LogP contribution in [-0.2, 0) is 14.3 Å². The maximum atomic E-state index is 13.0. The van der Waals surface area contributed by atoms with Gasteiger partial charge in [-0.25, -0.2) is 9.18 Å². The van der Waals surface area contributed by atoms with Crippen molar-refractivity contribution < 1.29 is 28.4 Å². The second kappa shape index (κ2) is 9.08. The minimum absolute atomic E-state index is 0.185. The fourth-order valence-electron chi connectivity index (χ4n) is 1.95. The lowest BCUT2D eigenvalue weighted by Crippen LogP contribution is -2.31. The van der Waals surface area contributed by atoms with Gasteiger partial charge in [0, 0.05) is 17.8 Å². The van der Waals surface area contributed by atoms with E-state index < -0.39 is 35.3 Å². The topological polar surface area (TPSA) is 108 Å². The number of nitrogens with one attached hydrogen (secondary N) is 1. The molecule has 2 aromatic rings. The summed E-state index contributed by atoms with van der Waals surface area (Å²) in [7, 11) is 0. The first kappa shape index (κ1) is 20.3. The third kappa shape index (κ3) is 6.03. The van der Waals surface area contributed by atoms with E-state index in [1.807, 2.05) is 0 Å². The van der Waals surface area contributed by atoms with Gasteiger partial charge in [0.15, 0.2) is 12.7 Å². The molecule has 10 heteroatoms. The molecule has 1 unspecified atom stereocenters. The molecule has 0 saturated carbocycles. The first-order valence-corrected chi connectivity index (χ1v) is 8.38. The molecule has 0 heterocycles. The number of hydrogen-bond donors (Lipinski definition) is 1. The number of benzene rings is 2. The van der Waals surface area contributed by atoms with Crippen LogP contribution >= 0.6 is 15.9 Å². The third-order valence-electron chi connectivity index (χ3n) is 3.24. The lowest BCUT2D eigenvalue weighted by Gasteiger charge is -2.14. The fourth-order valence-corrected chi connectivity index (χ4v) is 2.42. The summed E-state index contributed by atoms with van der Waals surface area (Å²) in [5.41, 5.74) is 0.0133. The molecule has 1 atom stereocenters. The first-order valence-electron chi connectivity index (χ1n) is 7.59. The Bertz CT molecular complexity index is 876. The van der Waals surface area contributed by atoms with Crippen LogP contribution in [0, 0.1) is 15.9 Å². The molecule has 0 saturated heterocycles. The molecule has 0 aliphatic rings. The van der Waals surface area contributed by atoms with Gasteiger partial charge >= 0.3 is 5.97 Å². The van der Waals surface area contributed by atoms with Crippen molar-refractivity contribution in [2.75, 3.05) is 11.9 Å². The van der Waals surface area contributed by atoms with Crippen LogP contribution in [0.25, 0.3) is 0 Å². The Balaban J connectivity index is 1.87. The number of nitrogens with zero attached hydrogens (tertiary/aromatic N) is 1. The Morgan fingerprint density at radius 2 is 2.04 bits per heavy atom. The highest BCUT2D eigenvalue weighted by molar-refractivity contribution is 9.10. The summed E-state index contributed by atoms with van der Waals surface area (Å²) in [5.74, 6) is -1.70. The molecule has 0 fully saturated rings. The maximum absolute atomic E-state index is 13.0. The molecule has 8 nitrogen and oxygen atoms in total. The van der Waals surface area contributed by atoms with Gasteiger partial charge in [-0.2, -0.15) is 0 Å². The molecule has 1 amide bonds. The van der Waals surface area contributed by atoms with Crippen LogP contribution in [0.15, 0.2) is 46.9 Å². The van der Waals surface area contributed by atoms with E-state index in [0.717, 1.165) is 0 Å². The van der Waals surface area contributed by atoms with Crippen molar-refractivity contribution in [1.82, 2.24) is 0 Å². The predicted octanol–water partition coefficient (Wildman–Crippen LogP) is 3.45. The second-order valence-corrected chi connectivity index (χ2v) is 6.15. The number of non-ortho nitro benzene ring substituents is 1. The van der Waals surface area contributed by atoms with E-state index in [1.165, 1.54) is 49.4 Å². The van der Waals surface area contributed by atoms with Gasteiger partial charge in [0.05, 0.1) is 9.40 Å². The van der Waals surface area contributed by atoms with Crippen LogP contribution in [-0.4, -0.2) is 29.5 Å². The number of nitro groups is 1. The minimum Gasteiger partial charge on any atom is -0.481 e. The van der Waals surface area contributed by atoms with Gasteiger partial charge in [-0.1, -0.05) is 6.07 Å². The van der Waals surface area contributed by atoms with Crippen LogP contribution in [0.2, 0.25) is 0 Å². The van der Waals surface area contributed by atoms with Gasteiger partial charge in [0.25, 0.3) is 11.6 Å². The molecule has 0 radical (unpaired) electrons. The van der Waals surface area contributed by atoms with E-state index in [9.17, 15) is 24.1 Å². The van der Waals surface area contributed by atoms with Crippen molar-refractivity contribution in [1.29, 1.82) is 0 Å². The van der Waals surface area contributed by atoms with E-state index in [4.69, 9.17) is 9.47 Å². The molecule has 27 heavy (non-hydrogen) atoms. The van der Waals surface area contributed by atoms with Gasteiger partial charge in [0.2, 0.25) is 0 Å². The molecule has 1 N–H and O–H groups in total. The number of rotatable bonds is 7. The number of nitro benzene ring substituents is 1. The molecular weight excluding hydrogens is 427 g/mol. The number of ether oxygens (including phenoxy) is 2. The zero-order valence-corrected chi connectivity index (χ0v) is 15.6. The van der Waals surface area contributed by atoms with Crippen LogP contribution in [0.1, 0.15) is 6.92 Å². The number of halogens is 2. The largest absolute Gasteiger partial charge is 0.481 e. The molecule has 142 valence electrons. The van der Waals surface area contributed by atoms with Gasteiger partial charge < -0.3 is 14.8 Å². The molecule has 2 rings (SSSR count). The SMILES string of the molecule is CC(OC(=O)COc1ccc(F)cc1Br)C(=O)Nc1cccc([N+](=O)[O-])c1. The van der Waals surface area contributed by atoms with Gasteiger partial charge in [-0.15, -0.1) is 0 Å². The van der Waals surface area contributed by atoms with Crippen molar-refractivity contribution >= 4 is 39.2 Å². The van der Waals surface area contributed by atoms with Crippen molar-refractivity contribution in [2.45, 2.75) is 13.0 Å². The Morgan fingerprint density at radius 3 is 2.70 bits per heavy atom. The Kier molecular flexibility index (Phi) is 6.83. The molecular formula is C17H14BrFN2O6. The molecule has 0 aliphatic heterocycles. The van der Waals surface area contributed by atoms with Gasteiger partial charge in [-0.3, -0.25) is 14.9 Å². The number of carbonyl (C=O) groups is 2. The Labute approximate surface area is 161 Å². The quantitative estimate of drug-likeness (QED) is 0.401.